The summed E-state index contributed by atoms with van der Waals surface area (Å²) < 4.78 is 7.37. The van der Waals surface area contributed by atoms with E-state index >= 15 is 0 Å². The number of hydrogen-bond acceptors (Lipinski definition) is 5. The summed E-state index contributed by atoms with van der Waals surface area (Å²) >= 11 is 1.28. The van der Waals surface area contributed by atoms with Gasteiger partial charge < -0.3 is 10.2 Å². The van der Waals surface area contributed by atoms with Crippen LogP contribution >= 0.6 is 11.8 Å². The molecule has 0 aliphatic carbocycles. The molecule has 0 aliphatic rings. The lowest BCUT2D eigenvalue weighted by Gasteiger charge is -2.13. The number of aromatic nitrogens is 3. The molecule has 0 aliphatic heterocycles. The molecule has 0 radical (unpaired) electrons. The van der Waals surface area contributed by atoms with E-state index in [1.165, 1.54) is 17.3 Å². The first-order chi connectivity index (χ1) is 11.6. The second-order valence-electron chi connectivity index (χ2n) is 5.27. The number of para-hydroxylation sites is 1. The quantitative estimate of drug-likeness (QED) is 0.696. The maximum atomic E-state index is 11.2. The van der Waals surface area contributed by atoms with Crippen LogP contribution in [0.2, 0.25) is 0 Å². The Morgan fingerprint density at radius 3 is 2.75 bits per heavy atom. The molecule has 7 heteroatoms. The summed E-state index contributed by atoms with van der Waals surface area (Å²) in [7, 11) is 0. The molecule has 3 aromatic rings. The van der Waals surface area contributed by atoms with Gasteiger partial charge in [0.05, 0.1) is 23.3 Å². The lowest BCUT2D eigenvalue weighted by Crippen LogP contribution is -2.14. The summed E-state index contributed by atoms with van der Waals surface area (Å²) in [4.78, 5) is 11.2. The van der Waals surface area contributed by atoms with Gasteiger partial charge in [-0.15, -0.1) is 10.2 Å². The highest BCUT2D eigenvalue weighted by Gasteiger charge is 2.20. The largest absolute Gasteiger partial charge is 0.469 e. The van der Waals surface area contributed by atoms with E-state index < -0.39 is 0 Å². The monoisotopic (exact) mass is 342 g/mol. The van der Waals surface area contributed by atoms with Crippen molar-refractivity contribution in [2.75, 3.05) is 5.75 Å². The zero-order valence-electron chi connectivity index (χ0n) is 13.5. The Labute approximate surface area is 144 Å². The third-order valence-corrected chi connectivity index (χ3v) is 4.64. The molecule has 0 spiro atoms. The number of rotatable bonds is 6. The van der Waals surface area contributed by atoms with Crippen LogP contribution in [0.4, 0.5) is 0 Å². The molecule has 0 saturated heterocycles. The van der Waals surface area contributed by atoms with Crippen LogP contribution in [0.5, 0.6) is 0 Å². The summed E-state index contributed by atoms with van der Waals surface area (Å²) in [5, 5.41) is 9.22. The Balaban J connectivity index is 2.18. The van der Waals surface area contributed by atoms with Crippen LogP contribution in [0.3, 0.4) is 0 Å². The SMILES string of the molecule is CCc1ccccc1-n1c(SCC(N)=O)nnc1-c1ccoc1C. The fourth-order valence-corrected chi connectivity index (χ4v) is 3.22. The van der Waals surface area contributed by atoms with E-state index in [1.54, 1.807) is 6.26 Å². The van der Waals surface area contributed by atoms with E-state index in [4.69, 9.17) is 10.2 Å². The minimum absolute atomic E-state index is 0.150. The number of primary amides is 1. The Morgan fingerprint density at radius 1 is 1.29 bits per heavy atom. The van der Waals surface area contributed by atoms with Crippen LogP contribution < -0.4 is 5.73 Å². The predicted molar refractivity (Wildman–Crippen MR) is 93.1 cm³/mol. The van der Waals surface area contributed by atoms with Gasteiger partial charge in [-0.1, -0.05) is 36.9 Å². The highest BCUT2D eigenvalue weighted by Crippen LogP contribution is 2.31. The molecule has 2 N–H and O–H groups in total. The van der Waals surface area contributed by atoms with E-state index in [1.807, 2.05) is 35.8 Å². The standard InChI is InChI=1S/C17H18N4O2S/c1-3-12-6-4-5-7-14(12)21-16(13-8-9-23-11(13)2)19-20-17(21)24-10-15(18)22/h4-9H,3,10H2,1-2H3,(H2,18,22). The number of carbonyl (C=O) groups is 1. The number of nitrogens with zero attached hydrogens (tertiary/aromatic N) is 3. The van der Waals surface area contributed by atoms with E-state index in [0.29, 0.717) is 11.0 Å². The molecule has 124 valence electrons. The number of aryl methyl sites for hydroxylation is 2. The van der Waals surface area contributed by atoms with E-state index in [-0.39, 0.29) is 11.7 Å². The first-order valence-corrected chi connectivity index (χ1v) is 8.59. The predicted octanol–water partition coefficient (Wildman–Crippen LogP) is 2.98. The van der Waals surface area contributed by atoms with Crippen LogP contribution in [0, 0.1) is 6.92 Å². The molecule has 24 heavy (non-hydrogen) atoms. The van der Waals surface area contributed by atoms with Crippen LogP contribution in [0.15, 0.2) is 46.2 Å². The molecular weight excluding hydrogens is 324 g/mol. The Hall–Kier alpha value is -2.54. The van der Waals surface area contributed by atoms with Crippen molar-refractivity contribution in [3.8, 4) is 17.1 Å². The Kier molecular flexibility index (Phi) is 4.71. The molecule has 0 fully saturated rings. The summed E-state index contributed by atoms with van der Waals surface area (Å²) in [6.45, 7) is 3.98. The van der Waals surface area contributed by atoms with Gasteiger partial charge in [-0.05, 0) is 31.0 Å². The maximum Gasteiger partial charge on any atom is 0.227 e. The van der Waals surface area contributed by atoms with E-state index in [2.05, 4.69) is 23.2 Å². The summed E-state index contributed by atoms with van der Waals surface area (Å²) in [5.41, 5.74) is 8.31. The average molecular weight is 342 g/mol. The molecule has 1 aromatic carbocycles. The number of carbonyl (C=O) groups excluding carboxylic acids is 1. The van der Waals surface area contributed by atoms with Crippen LogP contribution in [0.25, 0.3) is 17.1 Å². The molecule has 0 bridgehead atoms. The topological polar surface area (TPSA) is 86.9 Å². The Bertz CT molecular complexity index is 869. The molecule has 0 unspecified atom stereocenters. The summed E-state index contributed by atoms with van der Waals surface area (Å²) in [6, 6.07) is 9.95. The third-order valence-electron chi connectivity index (χ3n) is 3.69. The Morgan fingerprint density at radius 2 is 2.08 bits per heavy atom. The van der Waals surface area contributed by atoms with Gasteiger partial charge in [0.15, 0.2) is 11.0 Å². The van der Waals surface area contributed by atoms with Crippen LogP contribution in [0.1, 0.15) is 18.2 Å². The molecule has 3 rings (SSSR count). The lowest BCUT2D eigenvalue weighted by molar-refractivity contribution is -0.115. The first kappa shape index (κ1) is 16.3. The first-order valence-electron chi connectivity index (χ1n) is 7.61. The van der Waals surface area contributed by atoms with Crippen molar-refractivity contribution in [2.24, 2.45) is 5.73 Å². The van der Waals surface area contributed by atoms with Crippen molar-refractivity contribution >= 4 is 17.7 Å². The van der Waals surface area contributed by atoms with Crippen molar-refractivity contribution in [2.45, 2.75) is 25.4 Å². The van der Waals surface area contributed by atoms with Crippen molar-refractivity contribution in [3.05, 3.63) is 47.9 Å². The highest BCUT2D eigenvalue weighted by molar-refractivity contribution is 7.99. The van der Waals surface area contributed by atoms with E-state index in [9.17, 15) is 4.79 Å². The summed E-state index contributed by atoms with van der Waals surface area (Å²) in [6.07, 6.45) is 2.50. The second kappa shape index (κ2) is 6.92. The zero-order valence-corrected chi connectivity index (χ0v) is 14.3. The second-order valence-corrected chi connectivity index (χ2v) is 6.21. The van der Waals surface area contributed by atoms with Gasteiger partial charge in [0.1, 0.15) is 5.76 Å². The maximum absolute atomic E-state index is 11.2. The van der Waals surface area contributed by atoms with Gasteiger partial charge >= 0.3 is 0 Å². The van der Waals surface area contributed by atoms with Gasteiger partial charge in [0.2, 0.25) is 5.91 Å². The van der Waals surface area contributed by atoms with Gasteiger partial charge in [-0.25, -0.2) is 0 Å². The van der Waals surface area contributed by atoms with Gasteiger partial charge in [-0.3, -0.25) is 9.36 Å². The number of amides is 1. The van der Waals surface area contributed by atoms with Gasteiger partial charge in [0, 0.05) is 0 Å². The fourth-order valence-electron chi connectivity index (χ4n) is 2.54. The molecular formula is C17H18N4O2S. The lowest BCUT2D eigenvalue weighted by atomic mass is 10.1. The van der Waals surface area contributed by atoms with E-state index in [0.717, 1.165) is 23.4 Å². The van der Waals surface area contributed by atoms with Gasteiger partial charge in [0.25, 0.3) is 0 Å². The molecule has 0 atom stereocenters. The molecule has 6 nitrogen and oxygen atoms in total. The molecule has 2 aromatic heterocycles. The van der Waals surface area contributed by atoms with Crippen molar-refractivity contribution in [1.82, 2.24) is 14.8 Å². The number of benzene rings is 1. The molecule has 0 saturated carbocycles. The van der Waals surface area contributed by atoms with Crippen LogP contribution in [-0.4, -0.2) is 26.4 Å². The number of hydrogen-bond donors (Lipinski definition) is 1. The zero-order chi connectivity index (χ0) is 17.1. The van der Waals surface area contributed by atoms with Crippen molar-refractivity contribution in [3.63, 3.8) is 0 Å². The van der Waals surface area contributed by atoms with Crippen LogP contribution in [-0.2, 0) is 11.2 Å². The highest BCUT2D eigenvalue weighted by atomic mass is 32.2. The summed E-state index contributed by atoms with van der Waals surface area (Å²) in [5.74, 6) is 1.22. The van der Waals surface area contributed by atoms with Crippen molar-refractivity contribution in [1.29, 1.82) is 0 Å². The number of thioether (sulfide) groups is 1. The van der Waals surface area contributed by atoms with Gasteiger partial charge in [-0.2, -0.15) is 0 Å². The number of nitrogens with two attached hydrogens (primary N) is 1. The minimum Gasteiger partial charge on any atom is -0.469 e. The molecule has 2 heterocycles. The third kappa shape index (κ3) is 3.07. The fraction of sp³-hybridized carbons (Fsp3) is 0.235. The minimum atomic E-state index is -0.389. The van der Waals surface area contributed by atoms with Crippen molar-refractivity contribution < 1.29 is 9.21 Å². The molecule has 1 amide bonds. The average Bonchev–Trinajstić information content (AvgIpc) is 3.18. The smallest absolute Gasteiger partial charge is 0.227 e. The number of furan rings is 1. The normalized spacial score (nSPS) is 10.9.